The zero-order valence-corrected chi connectivity index (χ0v) is 14.7. The number of carboxylic acids is 1. The fourth-order valence-electron chi connectivity index (χ4n) is 3.77. The van der Waals surface area contributed by atoms with Gasteiger partial charge in [-0.15, -0.1) is 0 Å². The quantitative estimate of drug-likeness (QED) is 0.821. The Balaban J connectivity index is 2.51. The number of hydrogen-bond donors (Lipinski definition) is 1. The molecule has 1 heterocycles. The van der Waals surface area contributed by atoms with E-state index < -0.39 is 12.0 Å². The smallest absolute Gasteiger partial charge is 0.326 e. The van der Waals surface area contributed by atoms with E-state index in [1.165, 1.54) is 0 Å². The predicted octanol–water partition coefficient (Wildman–Crippen LogP) is 5.08. The first kappa shape index (κ1) is 17.1. The van der Waals surface area contributed by atoms with Crippen molar-refractivity contribution >= 4 is 23.3 Å². The fraction of sp³-hybridized carbons (Fsp3) is 0.611. The highest BCUT2D eigenvalue weighted by Gasteiger charge is 2.42. The normalized spacial score (nSPS) is 21.3. The molecule has 1 aromatic carbocycles. The van der Waals surface area contributed by atoms with Gasteiger partial charge in [0, 0.05) is 16.2 Å². The van der Waals surface area contributed by atoms with Crippen LogP contribution in [0.4, 0.5) is 5.69 Å². The first-order valence-corrected chi connectivity index (χ1v) is 8.47. The number of hydrogen-bond acceptors (Lipinski definition) is 2. The van der Waals surface area contributed by atoms with Crippen molar-refractivity contribution in [3.63, 3.8) is 0 Å². The molecule has 0 bridgehead atoms. The van der Waals surface area contributed by atoms with Crippen LogP contribution in [0, 0.1) is 0 Å². The third-order valence-corrected chi connectivity index (χ3v) is 4.90. The Morgan fingerprint density at radius 1 is 1.50 bits per heavy atom. The van der Waals surface area contributed by atoms with Crippen molar-refractivity contribution in [2.45, 2.75) is 70.9 Å². The maximum atomic E-state index is 11.9. The average molecular weight is 324 g/mol. The Hall–Kier alpha value is -1.22. The molecule has 0 saturated heterocycles. The molecule has 0 fully saturated rings. The van der Waals surface area contributed by atoms with E-state index in [2.05, 4.69) is 32.6 Å². The van der Waals surface area contributed by atoms with Gasteiger partial charge in [-0.2, -0.15) is 0 Å². The summed E-state index contributed by atoms with van der Waals surface area (Å²) < 4.78 is 0. The molecule has 0 amide bonds. The molecule has 2 rings (SSSR count). The van der Waals surface area contributed by atoms with Gasteiger partial charge < -0.3 is 10.0 Å². The summed E-state index contributed by atoms with van der Waals surface area (Å²) in [7, 11) is 0. The summed E-state index contributed by atoms with van der Waals surface area (Å²) in [6.45, 7) is 8.57. The van der Waals surface area contributed by atoms with Crippen molar-refractivity contribution in [1.82, 2.24) is 0 Å². The Morgan fingerprint density at radius 3 is 2.77 bits per heavy atom. The average Bonchev–Trinajstić information content (AvgIpc) is 2.41. The Labute approximate surface area is 138 Å². The Morgan fingerprint density at radius 2 is 2.18 bits per heavy atom. The molecule has 0 radical (unpaired) electrons. The summed E-state index contributed by atoms with van der Waals surface area (Å²) in [5.41, 5.74) is 2.00. The van der Waals surface area contributed by atoms with Gasteiger partial charge in [0.2, 0.25) is 0 Å². The Kier molecular flexibility index (Phi) is 5.06. The van der Waals surface area contributed by atoms with Gasteiger partial charge >= 0.3 is 5.97 Å². The molecule has 1 N–H and O–H groups in total. The second kappa shape index (κ2) is 6.49. The number of carboxylic acid groups (broad SMARTS) is 1. The highest BCUT2D eigenvalue weighted by molar-refractivity contribution is 6.30. The summed E-state index contributed by atoms with van der Waals surface area (Å²) in [6.07, 6.45) is 3.52. The molecule has 3 nitrogen and oxygen atoms in total. The van der Waals surface area contributed by atoms with Crippen LogP contribution in [0.15, 0.2) is 18.2 Å². The minimum absolute atomic E-state index is 0.183. The second-order valence-electron chi connectivity index (χ2n) is 6.99. The molecule has 2 unspecified atom stereocenters. The van der Waals surface area contributed by atoms with E-state index in [0.717, 1.165) is 30.5 Å². The third-order valence-electron chi connectivity index (χ3n) is 4.67. The van der Waals surface area contributed by atoms with Crippen molar-refractivity contribution in [1.29, 1.82) is 0 Å². The maximum absolute atomic E-state index is 11.9. The van der Waals surface area contributed by atoms with Crippen molar-refractivity contribution in [3.05, 3.63) is 28.8 Å². The van der Waals surface area contributed by atoms with Gasteiger partial charge in [0.1, 0.15) is 6.04 Å². The number of rotatable bonds is 5. The van der Waals surface area contributed by atoms with Crippen molar-refractivity contribution in [2.24, 2.45) is 0 Å². The number of benzene rings is 1. The van der Waals surface area contributed by atoms with E-state index in [9.17, 15) is 9.90 Å². The lowest BCUT2D eigenvalue weighted by Crippen LogP contribution is -2.56. The Bertz CT molecular complexity index is 556. The molecule has 1 aliphatic rings. The molecule has 1 aliphatic heterocycles. The molecular weight excluding hydrogens is 298 g/mol. The van der Waals surface area contributed by atoms with Crippen molar-refractivity contribution in [3.8, 4) is 0 Å². The lowest BCUT2D eigenvalue weighted by molar-refractivity contribution is -0.139. The van der Waals surface area contributed by atoms with Crippen LogP contribution < -0.4 is 4.90 Å². The van der Waals surface area contributed by atoms with Crippen LogP contribution in [-0.4, -0.2) is 22.7 Å². The van der Waals surface area contributed by atoms with E-state index in [1.807, 2.05) is 18.2 Å². The largest absolute Gasteiger partial charge is 0.480 e. The van der Waals surface area contributed by atoms with E-state index >= 15 is 0 Å². The highest BCUT2D eigenvalue weighted by atomic mass is 35.5. The molecule has 2 atom stereocenters. The molecule has 4 heteroatoms. The van der Waals surface area contributed by atoms with Crippen LogP contribution in [-0.2, 0) is 4.79 Å². The van der Waals surface area contributed by atoms with Gasteiger partial charge in [-0.05, 0) is 56.4 Å². The van der Waals surface area contributed by atoms with E-state index in [4.69, 9.17) is 11.6 Å². The third kappa shape index (κ3) is 3.24. The zero-order valence-electron chi connectivity index (χ0n) is 13.9. The molecule has 0 saturated carbocycles. The summed E-state index contributed by atoms with van der Waals surface area (Å²) in [5.74, 6) is -0.363. The number of aliphatic carboxylic acids is 1. The van der Waals surface area contributed by atoms with E-state index in [1.54, 1.807) is 0 Å². The van der Waals surface area contributed by atoms with Crippen molar-refractivity contribution in [2.75, 3.05) is 4.90 Å². The first-order valence-electron chi connectivity index (χ1n) is 8.09. The molecule has 1 aromatic rings. The van der Waals surface area contributed by atoms with Crippen LogP contribution in [0.25, 0.3) is 0 Å². The van der Waals surface area contributed by atoms with E-state index in [0.29, 0.717) is 17.4 Å². The minimum atomic E-state index is -0.739. The van der Waals surface area contributed by atoms with Gasteiger partial charge in [-0.3, -0.25) is 0 Å². The lowest BCUT2D eigenvalue weighted by Gasteiger charge is -2.50. The van der Waals surface area contributed by atoms with Crippen LogP contribution >= 0.6 is 11.6 Å². The number of unbranched alkanes of at least 4 members (excludes halogenated alkanes) is 1. The number of anilines is 1. The lowest BCUT2D eigenvalue weighted by atomic mass is 9.78. The molecule has 22 heavy (non-hydrogen) atoms. The standard InChI is InChI=1S/C18H26ClNO2/c1-5-6-7-16(17(21)22)20-15-9-8-13(19)10-14(15)12(2)11-18(20,3)4/h8-10,12,16H,5-7,11H2,1-4H3,(H,21,22). The molecule has 0 aromatic heterocycles. The number of nitrogens with zero attached hydrogens (tertiary/aromatic N) is 1. The van der Waals surface area contributed by atoms with Gasteiger partial charge in [0.15, 0.2) is 0 Å². The van der Waals surface area contributed by atoms with Crippen LogP contribution in [0.2, 0.25) is 5.02 Å². The monoisotopic (exact) mass is 323 g/mol. The summed E-state index contributed by atoms with van der Waals surface area (Å²) in [4.78, 5) is 14.0. The van der Waals surface area contributed by atoms with Gasteiger partial charge in [-0.1, -0.05) is 38.3 Å². The zero-order chi connectivity index (χ0) is 16.5. The molecule has 0 aliphatic carbocycles. The maximum Gasteiger partial charge on any atom is 0.326 e. The van der Waals surface area contributed by atoms with E-state index in [-0.39, 0.29) is 5.54 Å². The van der Waals surface area contributed by atoms with Crippen LogP contribution in [0.5, 0.6) is 0 Å². The minimum Gasteiger partial charge on any atom is -0.480 e. The van der Waals surface area contributed by atoms with Gasteiger partial charge in [0.05, 0.1) is 0 Å². The first-order chi connectivity index (χ1) is 10.3. The van der Waals surface area contributed by atoms with Gasteiger partial charge in [-0.25, -0.2) is 4.79 Å². The van der Waals surface area contributed by atoms with Crippen molar-refractivity contribution < 1.29 is 9.90 Å². The topological polar surface area (TPSA) is 40.5 Å². The number of carbonyl (C=O) groups is 1. The fourth-order valence-corrected chi connectivity index (χ4v) is 3.95. The second-order valence-corrected chi connectivity index (χ2v) is 7.42. The molecule has 0 spiro atoms. The predicted molar refractivity (Wildman–Crippen MR) is 92.0 cm³/mol. The van der Waals surface area contributed by atoms with Crippen LogP contribution in [0.3, 0.4) is 0 Å². The summed E-state index contributed by atoms with van der Waals surface area (Å²) >= 11 is 6.15. The summed E-state index contributed by atoms with van der Waals surface area (Å²) in [5, 5.41) is 10.5. The SMILES string of the molecule is CCCCC(C(=O)O)N1c2ccc(Cl)cc2C(C)CC1(C)C. The molecular formula is C18H26ClNO2. The summed E-state index contributed by atoms with van der Waals surface area (Å²) in [6, 6.07) is 5.35. The number of halogens is 1. The number of fused-ring (bicyclic) bond motifs is 1. The van der Waals surface area contributed by atoms with Crippen LogP contribution in [0.1, 0.15) is 64.9 Å². The highest BCUT2D eigenvalue weighted by Crippen LogP contribution is 2.45. The molecule has 122 valence electrons. The van der Waals surface area contributed by atoms with Gasteiger partial charge in [0.25, 0.3) is 0 Å².